The van der Waals surface area contributed by atoms with Gasteiger partial charge in [0.15, 0.2) is 5.78 Å². The lowest BCUT2D eigenvalue weighted by molar-refractivity contribution is 0.0995. The van der Waals surface area contributed by atoms with E-state index in [1.54, 1.807) is 0 Å². The minimum atomic E-state index is 0.119. The van der Waals surface area contributed by atoms with Gasteiger partial charge in [-0.25, -0.2) is 0 Å². The van der Waals surface area contributed by atoms with Crippen molar-refractivity contribution >= 4 is 11.5 Å². The van der Waals surface area contributed by atoms with Crippen LogP contribution < -0.4 is 9.64 Å². The Hall–Kier alpha value is -2.29. The third-order valence-corrected chi connectivity index (χ3v) is 4.28. The second-order valence-electron chi connectivity index (χ2n) is 6.01. The summed E-state index contributed by atoms with van der Waals surface area (Å²) in [4.78, 5) is 15.0. The van der Waals surface area contributed by atoms with Crippen molar-refractivity contribution < 1.29 is 9.53 Å². The van der Waals surface area contributed by atoms with Crippen LogP contribution in [0.4, 0.5) is 5.69 Å². The number of carbonyl (C=O) groups is 1. The SMILES string of the molecule is CCOc1ccc(C)cc1C(=O)CN1CCCc2ccccc21. The van der Waals surface area contributed by atoms with Gasteiger partial charge in [0.1, 0.15) is 5.75 Å². The van der Waals surface area contributed by atoms with Gasteiger partial charge in [0.25, 0.3) is 0 Å². The standard InChI is InChI=1S/C20H23NO2/c1-3-23-20-11-10-15(2)13-17(20)19(22)14-21-12-6-8-16-7-4-5-9-18(16)21/h4-5,7,9-11,13H,3,6,8,12,14H2,1-2H3. The molecule has 0 fully saturated rings. The van der Waals surface area contributed by atoms with Crippen LogP contribution in [0, 0.1) is 6.92 Å². The summed E-state index contributed by atoms with van der Waals surface area (Å²) >= 11 is 0. The number of nitrogens with zero attached hydrogens (tertiary/aromatic N) is 1. The predicted octanol–water partition coefficient (Wildman–Crippen LogP) is 4.03. The molecule has 0 radical (unpaired) electrons. The van der Waals surface area contributed by atoms with Crippen LogP contribution in [-0.4, -0.2) is 25.5 Å². The quantitative estimate of drug-likeness (QED) is 0.781. The third-order valence-electron chi connectivity index (χ3n) is 4.28. The van der Waals surface area contributed by atoms with Gasteiger partial charge in [-0.2, -0.15) is 0 Å². The number of anilines is 1. The Morgan fingerprint density at radius 1 is 1.22 bits per heavy atom. The second kappa shape index (κ2) is 6.86. The summed E-state index contributed by atoms with van der Waals surface area (Å²) in [6.07, 6.45) is 2.19. The van der Waals surface area contributed by atoms with Gasteiger partial charge < -0.3 is 9.64 Å². The van der Waals surface area contributed by atoms with Gasteiger partial charge in [-0.15, -0.1) is 0 Å². The molecule has 1 heterocycles. The number of hydrogen-bond donors (Lipinski definition) is 0. The van der Waals surface area contributed by atoms with E-state index in [1.165, 1.54) is 11.3 Å². The van der Waals surface area contributed by atoms with Gasteiger partial charge in [-0.3, -0.25) is 4.79 Å². The molecule has 0 saturated heterocycles. The van der Waals surface area contributed by atoms with E-state index in [9.17, 15) is 4.79 Å². The van der Waals surface area contributed by atoms with Crippen molar-refractivity contribution in [2.75, 3.05) is 24.6 Å². The highest BCUT2D eigenvalue weighted by atomic mass is 16.5. The minimum absolute atomic E-state index is 0.119. The van der Waals surface area contributed by atoms with Crippen LogP contribution in [0.15, 0.2) is 42.5 Å². The molecule has 3 rings (SSSR count). The first-order valence-electron chi connectivity index (χ1n) is 8.28. The molecule has 0 bridgehead atoms. The van der Waals surface area contributed by atoms with Gasteiger partial charge in [0.05, 0.1) is 18.7 Å². The fourth-order valence-electron chi connectivity index (χ4n) is 3.18. The van der Waals surface area contributed by atoms with Crippen LogP contribution in [0.3, 0.4) is 0 Å². The molecule has 0 aliphatic carbocycles. The topological polar surface area (TPSA) is 29.5 Å². The van der Waals surface area contributed by atoms with E-state index in [2.05, 4.69) is 23.1 Å². The highest BCUT2D eigenvalue weighted by Crippen LogP contribution is 2.28. The predicted molar refractivity (Wildman–Crippen MR) is 93.7 cm³/mol. The molecule has 2 aromatic carbocycles. The zero-order valence-corrected chi connectivity index (χ0v) is 13.8. The van der Waals surface area contributed by atoms with Crippen molar-refractivity contribution in [1.29, 1.82) is 0 Å². The summed E-state index contributed by atoms with van der Waals surface area (Å²) in [5, 5.41) is 0. The van der Waals surface area contributed by atoms with Crippen LogP contribution >= 0.6 is 0 Å². The normalized spacial score (nSPS) is 13.6. The van der Waals surface area contributed by atoms with E-state index in [1.807, 2.05) is 38.1 Å². The van der Waals surface area contributed by atoms with E-state index < -0.39 is 0 Å². The lowest BCUT2D eigenvalue weighted by Gasteiger charge is -2.30. The fraction of sp³-hybridized carbons (Fsp3) is 0.350. The van der Waals surface area contributed by atoms with Crippen molar-refractivity contribution in [3.8, 4) is 5.75 Å². The number of rotatable bonds is 5. The van der Waals surface area contributed by atoms with Crippen molar-refractivity contribution in [3.63, 3.8) is 0 Å². The largest absolute Gasteiger partial charge is 0.493 e. The van der Waals surface area contributed by atoms with Crippen molar-refractivity contribution in [1.82, 2.24) is 0 Å². The maximum atomic E-state index is 12.8. The van der Waals surface area contributed by atoms with Crippen LogP contribution in [0.5, 0.6) is 5.75 Å². The Morgan fingerprint density at radius 2 is 2.04 bits per heavy atom. The molecule has 0 atom stereocenters. The molecule has 0 amide bonds. The zero-order valence-electron chi connectivity index (χ0n) is 13.8. The molecule has 23 heavy (non-hydrogen) atoms. The van der Waals surface area contributed by atoms with Crippen molar-refractivity contribution in [2.45, 2.75) is 26.7 Å². The summed E-state index contributed by atoms with van der Waals surface area (Å²) in [6.45, 7) is 5.84. The number of ether oxygens (including phenoxy) is 1. The lowest BCUT2D eigenvalue weighted by atomic mass is 10.0. The molecule has 1 aliphatic rings. The fourth-order valence-corrected chi connectivity index (χ4v) is 3.18. The van der Waals surface area contributed by atoms with Gasteiger partial charge in [0.2, 0.25) is 0 Å². The Labute approximate surface area is 137 Å². The number of para-hydroxylation sites is 1. The summed E-state index contributed by atoms with van der Waals surface area (Å²) in [6, 6.07) is 14.2. The molecule has 0 spiro atoms. The van der Waals surface area contributed by atoms with Crippen LogP contribution in [-0.2, 0) is 6.42 Å². The Kier molecular flexibility index (Phi) is 4.65. The van der Waals surface area contributed by atoms with Crippen molar-refractivity contribution in [2.24, 2.45) is 0 Å². The van der Waals surface area contributed by atoms with Gasteiger partial charge in [0, 0.05) is 12.2 Å². The number of Topliss-reactive ketones (excluding diaryl/α,β-unsaturated/α-hetero) is 1. The third kappa shape index (κ3) is 3.39. The molecular weight excluding hydrogens is 286 g/mol. The molecular formula is C20H23NO2. The maximum absolute atomic E-state index is 12.8. The van der Waals surface area contributed by atoms with Crippen LogP contribution in [0.25, 0.3) is 0 Å². The Balaban J connectivity index is 1.84. The first-order valence-corrected chi connectivity index (χ1v) is 8.28. The molecule has 0 saturated carbocycles. The first kappa shape index (κ1) is 15.6. The Bertz CT molecular complexity index is 709. The molecule has 3 heteroatoms. The van der Waals surface area contributed by atoms with Crippen LogP contribution in [0.1, 0.15) is 34.8 Å². The maximum Gasteiger partial charge on any atom is 0.185 e. The number of hydrogen-bond acceptors (Lipinski definition) is 3. The average molecular weight is 309 g/mol. The first-order chi connectivity index (χ1) is 11.2. The summed E-state index contributed by atoms with van der Waals surface area (Å²) < 4.78 is 5.63. The Morgan fingerprint density at radius 3 is 2.87 bits per heavy atom. The van der Waals surface area contributed by atoms with E-state index in [-0.39, 0.29) is 5.78 Å². The van der Waals surface area contributed by atoms with Crippen molar-refractivity contribution in [3.05, 3.63) is 59.2 Å². The number of ketones is 1. The summed E-state index contributed by atoms with van der Waals surface area (Å²) in [5.41, 5.74) is 4.30. The van der Waals surface area contributed by atoms with Gasteiger partial charge in [-0.05, 0) is 50.5 Å². The monoisotopic (exact) mass is 309 g/mol. The van der Waals surface area contributed by atoms with E-state index in [4.69, 9.17) is 4.74 Å². The second-order valence-corrected chi connectivity index (χ2v) is 6.01. The number of aryl methyl sites for hydroxylation is 2. The molecule has 3 nitrogen and oxygen atoms in total. The van der Waals surface area contributed by atoms with Gasteiger partial charge >= 0.3 is 0 Å². The van der Waals surface area contributed by atoms with E-state index in [0.29, 0.717) is 24.5 Å². The van der Waals surface area contributed by atoms with Crippen LogP contribution in [0.2, 0.25) is 0 Å². The molecule has 0 aromatic heterocycles. The highest BCUT2D eigenvalue weighted by molar-refractivity contribution is 6.01. The number of carbonyl (C=O) groups excluding carboxylic acids is 1. The van der Waals surface area contributed by atoms with E-state index in [0.717, 1.165) is 24.9 Å². The zero-order chi connectivity index (χ0) is 16.2. The minimum Gasteiger partial charge on any atom is -0.493 e. The molecule has 0 unspecified atom stereocenters. The highest BCUT2D eigenvalue weighted by Gasteiger charge is 2.21. The van der Waals surface area contributed by atoms with Gasteiger partial charge in [-0.1, -0.05) is 29.8 Å². The average Bonchev–Trinajstić information content (AvgIpc) is 2.57. The molecule has 0 N–H and O–H groups in total. The molecule has 120 valence electrons. The number of benzene rings is 2. The lowest BCUT2D eigenvalue weighted by Crippen LogP contribution is -2.34. The molecule has 2 aromatic rings. The molecule has 1 aliphatic heterocycles. The smallest absolute Gasteiger partial charge is 0.185 e. The number of fused-ring (bicyclic) bond motifs is 1. The summed E-state index contributed by atoms with van der Waals surface area (Å²) in [7, 11) is 0. The summed E-state index contributed by atoms with van der Waals surface area (Å²) in [5.74, 6) is 0.808. The van der Waals surface area contributed by atoms with E-state index >= 15 is 0 Å².